The van der Waals surface area contributed by atoms with Crippen LogP contribution in [-0.4, -0.2) is 43.8 Å². The van der Waals surface area contributed by atoms with E-state index in [4.69, 9.17) is 35.3 Å². The minimum absolute atomic E-state index is 0.155. The third-order valence-electron chi connectivity index (χ3n) is 4.32. The van der Waals surface area contributed by atoms with Gasteiger partial charge in [-0.05, 0) is 13.8 Å². The molecule has 1 aromatic heterocycles. The summed E-state index contributed by atoms with van der Waals surface area (Å²) in [5.41, 5.74) is 0.342. The summed E-state index contributed by atoms with van der Waals surface area (Å²) in [6, 6.07) is 1.13. The second kappa shape index (κ2) is 12.7. The van der Waals surface area contributed by atoms with E-state index in [1.807, 2.05) is 0 Å². The molecule has 0 atom stereocenters. The largest absolute Gasteiger partial charge is 0.498 e. The number of rotatable bonds is 12. The number of hydrogen-bond acceptors (Lipinski definition) is 8. The maximum atomic E-state index is 14.4. The number of halogens is 3. The second-order valence-electron chi connectivity index (χ2n) is 6.53. The first-order valence-electron chi connectivity index (χ1n) is 9.77. The molecule has 0 saturated carbocycles. The zero-order valence-corrected chi connectivity index (χ0v) is 19.8. The molecular weight excluding hydrogens is 460 g/mol. The summed E-state index contributed by atoms with van der Waals surface area (Å²) in [5, 5.41) is 3.00. The molecule has 2 rings (SSSR count). The Morgan fingerprint density at radius 3 is 2.18 bits per heavy atom. The molecule has 8 nitrogen and oxygen atoms in total. The van der Waals surface area contributed by atoms with E-state index in [9.17, 15) is 8.78 Å². The van der Waals surface area contributed by atoms with Gasteiger partial charge in [0.15, 0.2) is 34.6 Å². The zero-order chi connectivity index (χ0) is 24.4. The highest BCUT2D eigenvalue weighted by Gasteiger charge is 2.20. The number of allylic oxidation sites excluding steroid dienone is 3. The van der Waals surface area contributed by atoms with Crippen LogP contribution in [0.3, 0.4) is 0 Å². The van der Waals surface area contributed by atoms with Gasteiger partial charge in [-0.15, -0.1) is 11.6 Å². The lowest BCUT2D eigenvalue weighted by molar-refractivity contribution is 0.201. The molecule has 0 aliphatic rings. The highest BCUT2D eigenvalue weighted by atomic mass is 35.5. The fourth-order valence-electron chi connectivity index (χ4n) is 2.58. The first-order chi connectivity index (χ1) is 15.8. The number of nitrogens with one attached hydrogen (secondary N) is 1. The third kappa shape index (κ3) is 7.11. The van der Waals surface area contributed by atoms with Crippen molar-refractivity contribution in [3.05, 3.63) is 58.9 Å². The molecule has 2 aromatic rings. The Kier molecular flexibility index (Phi) is 9.99. The van der Waals surface area contributed by atoms with E-state index >= 15 is 0 Å². The van der Waals surface area contributed by atoms with Crippen molar-refractivity contribution in [1.82, 2.24) is 9.97 Å². The summed E-state index contributed by atoms with van der Waals surface area (Å²) in [5.74, 6) is -0.131. The smallest absolute Gasteiger partial charge is 0.227 e. The van der Waals surface area contributed by atoms with E-state index in [1.165, 1.54) is 33.7 Å². The number of nitrogens with zero attached hydrogens (tertiary/aromatic N) is 2. The first-order valence-corrected chi connectivity index (χ1v) is 10.3. The Hall–Kier alpha value is -3.27. The third-order valence-corrected chi connectivity index (χ3v) is 4.47. The Bertz CT molecular complexity index is 972. The molecule has 0 bridgehead atoms. The molecule has 0 fully saturated rings. The Labute approximate surface area is 196 Å². The molecule has 0 saturated heterocycles. The van der Waals surface area contributed by atoms with Crippen LogP contribution in [0.1, 0.15) is 19.4 Å². The summed E-state index contributed by atoms with van der Waals surface area (Å²) in [6.45, 7) is 3.47. The van der Waals surface area contributed by atoms with Gasteiger partial charge in [-0.1, -0.05) is 0 Å². The van der Waals surface area contributed by atoms with E-state index in [0.717, 1.165) is 6.07 Å². The van der Waals surface area contributed by atoms with Crippen LogP contribution in [0.2, 0.25) is 0 Å². The van der Waals surface area contributed by atoms with Crippen LogP contribution in [0.4, 0.5) is 14.7 Å². The summed E-state index contributed by atoms with van der Waals surface area (Å²) in [7, 11) is 4.09. The van der Waals surface area contributed by atoms with Gasteiger partial charge in [0, 0.05) is 17.8 Å². The molecule has 0 amide bonds. The Morgan fingerprint density at radius 1 is 1.06 bits per heavy atom. The number of aromatic nitrogens is 2. The molecule has 0 radical (unpaired) electrons. The molecular formula is C22H26ClF2N3O5. The molecule has 1 N–H and O–H groups in total. The van der Waals surface area contributed by atoms with Crippen LogP contribution in [0.5, 0.6) is 17.2 Å². The lowest BCUT2D eigenvalue weighted by atomic mass is 10.1. The maximum Gasteiger partial charge on any atom is 0.227 e. The van der Waals surface area contributed by atoms with Crippen molar-refractivity contribution >= 4 is 17.5 Å². The fraction of sp³-hybridized carbons (Fsp3) is 0.364. The number of ether oxygens (including phenoxy) is 5. The molecule has 0 aliphatic heterocycles. The van der Waals surface area contributed by atoms with Gasteiger partial charge in [0.2, 0.25) is 5.95 Å². The summed E-state index contributed by atoms with van der Waals surface area (Å²) < 4.78 is 55.0. The van der Waals surface area contributed by atoms with E-state index in [0.29, 0.717) is 29.7 Å². The number of benzene rings is 1. The molecule has 33 heavy (non-hydrogen) atoms. The normalized spacial score (nSPS) is 12.1. The average molecular weight is 486 g/mol. The van der Waals surface area contributed by atoms with Gasteiger partial charge in [0.05, 0.1) is 45.2 Å². The lowest BCUT2D eigenvalue weighted by Crippen LogP contribution is -2.07. The SMILES string of the molecule is CO/C(C)=C(/C=C(\C)Nc1ncc(OCc2c(F)c(OC)cc(OC)c2F)cn1)OCCCl. The quantitative estimate of drug-likeness (QED) is 0.261. The summed E-state index contributed by atoms with van der Waals surface area (Å²) in [4.78, 5) is 8.29. The van der Waals surface area contributed by atoms with Gasteiger partial charge in [-0.3, -0.25) is 0 Å². The van der Waals surface area contributed by atoms with Crippen molar-refractivity contribution in [2.24, 2.45) is 0 Å². The number of alkyl halides is 1. The average Bonchev–Trinajstić information content (AvgIpc) is 2.82. The minimum atomic E-state index is -0.873. The van der Waals surface area contributed by atoms with Crippen LogP contribution in [0.25, 0.3) is 0 Å². The van der Waals surface area contributed by atoms with Gasteiger partial charge in [-0.2, -0.15) is 0 Å². The minimum Gasteiger partial charge on any atom is -0.498 e. The molecule has 1 heterocycles. The molecule has 0 spiro atoms. The van der Waals surface area contributed by atoms with Crippen LogP contribution in [0, 0.1) is 11.6 Å². The fourth-order valence-corrected chi connectivity index (χ4v) is 2.65. The van der Waals surface area contributed by atoms with Crippen LogP contribution in [0.15, 0.2) is 41.8 Å². The maximum absolute atomic E-state index is 14.4. The summed E-state index contributed by atoms with van der Waals surface area (Å²) >= 11 is 5.68. The second-order valence-corrected chi connectivity index (χ2v) is 6.91. The van der Waals surface area contributed by atoms with Crippen molar-refractivity contribution in [3.63, 3.8) is 0 Å². The van der Waals surface area contributed by atoms with E-state index in [1.54, 1.807) is 19.9 Å². The van der Waals surface area contributed by atoms with Crippen LogP contribution >= 0.6 is 11.6 Å². The van der Waals surface area contributed by atoms with Crippen molar-refractivity contribution in [1.29, 1.82) is 0 Å². The van der Waals surface area contributed by atoms with E-state index in [-0.39, 0.29) is 28.8 Å². The predicted octanol–water partition coefficient (Wildman–Crippen LogP) is 4.80. The van der Waals surface area contributed by atoms with Crippen molar-refractivity contribution < 1.29 is 32.5 Å². The van der Waals surface area contributed by atoms with Gasteiger partial charge in [-0.25, -0.2) is 18.7 Å². The molecule has 11 heteroatoms. The lowest BCUT2D eigenvalue weighted by Gasteiger charge is -2.13. The van der Waals surface area contributed by atoms with Crippen LogP contribution in [-0.2, 0) is 16.1 Å². The van der Waals surface area contributed by atoms with Gasteiger partial charge >= 0.3 is 0 Å². The van der Waals surface area contributed by atoms with Gasteiger partial charge in [0.1, 0.15) is 19.0 Å². The highest BCUT2D eigenvalue weighted by molar-refractivity contribution is 6.17. The molecule has 0 unspecified atom stereocenters. The topological polar surface area (TPSA) is 84.0 Å². The zero-order valence-electron chi connectivity index (χ0n) is 19.0. The number of methoxy groups -OCH3 is 3. The van der Waals surface area contributed by atoms with E-state index in [2.05, 4.69) is 15.3 Å². The molecule has 1 aromatic carbocycles. The van der Waals surface area contributed by atoms with Crippen LogP contribution < -0.4 is 19.5 Å². The summed E-state index contributed by atoms with van der Waals surface area (Å²) in [6.07, 6.45) is 4.47. The molecule has 180 valence electrons. The van der Waals surface area contributed by atoms with Crippen molar-refractivity contribution in [3.8, 4) is 17.2 Å². The Morgan fingerprint density at radius 2 is 1.67 bits per heavy atom. The van der Waals surface area contributed by atoms with Crippen molar-refractivity contribution in [2.75, 3.05) is 39.1 Å². The first kappa shape index (κ1) is 26.0. The predicted molar refractivity (Wildman–Crippen MR) is 120 cm³/mol. The van der Waals surface area contributed by atoms with Gasteiger partial charge in [0.25, 0.3) is 0 Å². The monoisotopic (exact) mass is 485 g/mol. The highest BCUT2D eigenvalue weighted by Crippen LogP contribution is 2.32. The van der Waals surface area contributed by atoms with Gasteiger partial charge < -0.3 is 29.0 Å². The van der Waals surface area contributed by atoms with Crippen molar-refractivity contribution in [2.45, 2.75) is 20.5 Å². The standard InChI is InChI=1S/C22H26ClF2N3O5/c1-13(8-17(14(2)29-3)32-7-6-23)28-22-26-10-15(11-27-22)33-12-16-20(24)18(30-4)9-19(31-5)21(16)25/h8-11H,6-7,12H2,1-5H3,(H,26,27,28)/b13-8+,17-14-. The number of hydrogen-bond donors (Lipinski definition) is 1. The Balaban J connectivity index is 2.09. The van der Waals surface area contributed by atoms with E-state index < -0.39 is 18.2 Å². The molecule has 0 aliphatic carbocycles. The number of anilines is 1.